The average molecular weight is 306 g/mol. The third-order valence-electron chi connectivity index (χ3n) is 3.12. The first kappa shape index (κ1) is 15.8. The van der Waals surface area contributed by atoms with Gasteiger partial charge in [-0.1, -0.05) is 19.4 Å². The van der Waals surface area contributed by atoms with Crippen molar-refractivity contribution < 1.29 is 9.47 Å². The summed E-state index contributed by atoms with van der Waals surface area (Å²) in [6, 6.07) is 7.63. The number of benzene rings is 1. The van der Waals surface area contributed by atoms with Gasteiger partial charge in [0.25, 0.3) is 0 Å². The number of nitrogens with two attached hydrogens (primary N) is 1. The Balaban J connectivity index is 1.90. The minimum absolute atomic E-state index is 0.573. The summed E-state index contributed by atoms with van der Waals surface area (Å²) in [4.78, 5) is 5.87. The molecule has 5 heteroatoms. The van der Waals surface area contributed by atoms with Crippen LogP contribution in [0.4, 0.5) is 0 Å². The highest BCUT2D eigenvalue weighted by Gasteiger charge is 2.09. The molecule has 2 N–H and O–H groups in total. The smallest absolute Gasteiger partial charge is 0.123 e. The van der Waals surface area contributed by atoms with E-state index >= 15 is 0 Å². The number of methoxy groups -OCH3 is 1. The number of rotatable bonds is 8. The maximum atomic E-state index is 5.77. The van der Waals surface area contributed by atoms with Crippen molar-refractivity contribution in [3.8, 4) is 11.5 Å². The van der Waals surface area contributed by atoms with Crippen LogP contribution in [0.15, 0.2) is 24.3 Å². The Morgan fingerprint density at radius 1 is 1.24 bits per heavy atom. The molecule has 2 rings (SSSR count). The molecule has 0 spiro atoms. The Hall–Kier alpha value is -1.59. The van der Waals surface area contributed by atoms with Crippen molar-refractivity contribution >= 4 is 11.3 Å². The molecule has 21 heavy (non-hydrogen) atoms. The summed E-state index contributed by atoms with van der Waals surface area (Å²) in [5, 5.41) is 1.10. The minimum atomic E-state index is 0.573. The summed E-state index contributed by atoms with van der Waals surface area (Å²) in [5.41, 5.74) is 6.93. The fourth-order valence-corrected chi connectivity index (χ4v) is 3.06. The molecule has 0 saturated heterocycles. The standard InChI is InChI=1S/C16H22N2O2S/c1-3-5-14-15(11-17)21-16(18-14)8-9-20-13-7-4-6-12(10-13)19-2/h4,6-7,10H,3,5,8-9,11,17H2,1-2H3. The van der Waals surface area contributed by atoms with Gasteiger partial charge in [-0.25, -0.2) is 4.98 Å². The Kier molecular flexibility index (Phi) is 6.02. The van der Waals surface area contributed by atoms with Crippen LogP contribution in [0.3, 0.4) is 0 Å². The van der Waals surface area contributed by atoms with Crippen molar-refractivity contribution in [2.45, 2.75) is 32.7 Å². The van der Waals surface area contributed by atoms with Gasteiger partial charge in [0.05, 0.1) is 24.4 Å². The van der Waals surface area contributed by atoms with E-state index in [2.05, 4.69) is 11.9 Å². The lowest BCUT2D eigenvalue weighted by Gasteiger charge is -2.06. The van der Waals surface area contributed by atoms with Gasteiger partial charge in [0.2, 0.25) is 0 Å². The van der Waals surface area contributed by atoms with E-state index in [0.717, 1.165) is 41.5 Å². The topological polar surface area (TPSA) is 57.4 Å². The largest absolute Gasteiger partial charge is 0.497 e. The molecule has 0 amide bonds. The molecule has 0 aliphatic carbocycles. The Morgan fingerprint density at radius 3 is 2.76 bits per heavy atom. The molecular weight excluding hydrogens is 284 g/mol. The van der Waals surface area contributed by atoms with Crippen LogP contribution in [0, 0.1) is 0 Å². The van der Waals surface area contributed by atoms with Crippen molar-refractivity contribution in [1.29, 1.82) is 0 Å². The van der Waals surface area contributed by atoms with Crippen LogP contribution in [-0.2, 0) is 19.4 Å². The second-order valence-corrected chi connectivity index (χ2v) is 5.88. The van der Waals surface area contributed by atoms with Gasteiger partial charge in [-0.2, -0.15) is 0 Å². The van der Waals surface area contributed by atoms with Crippen LogP contribution < -0.4 is 15.2 Å². The third kappa shape index (κ3) is 4.44. The van der Waals surface area contributed by atoms with Gasteiger partial charge >= 0.3 is 0 Å². The van der Waals surface area contributed by atoms with Crippen molar-refractivity contribution in [1.82, 2.24) is 4.98 Å². The predicted molar refractivity (Wildman–Crippen MR) is 86.2 cm³/mol. The normalized spacial score (nSPS) is 10.6. The van der Waals surface area contributed by atoms with Gasteiger partial charge in [-0.15, -0.1) is 11.3 Å². The molecule has 114 valence electrons. The first-order valence-corrected chi connectivity index (χ1v) is 8.02. The van der Waals surface area contributed by atoms with E-state index in [1.807, 2.05) is 24.3 Å². The molecule has 0 fully saturated rings. The van der Waals surface area contributed by atoms with Crippen LogP contribution in [0.25, 0.3) is 0 Å². The van der Waals surface area contributed by atoms with E-state index in [1.54, 1.807) is 18.4 Å². The number of ether oxygens (including phenoxy) is 2. The Labute approximate surface area is 129 Å². The van der Waals surface area contributed by atoms with Gasteiger partial charge in [-0.05, 0) is 18.6 Å². The summed E-state index contributed by atoms with van der Waals surface area (Å²) < 4.78 is 10.9. The average Bonchev–Trinajstić information content (AvgIpc) is 2.90. The third-order valence-corrected chi connectivity index (χ3v) is 4.30. The highest BCUT2D eigenvalue weighted by Crippen LogP contribution is 2.22. The number of hydrogen-bond acceptors (Lipinski definition) is 5. The molecule has 2 aromatic rings. The molecule has 0 saturated carbocycles. The molecule has 0 radical (unpaired) electrons. The molecule has 0 aliphatic heterocycles. The number of aromatic nitrogens is 1. The zero-order valence-corrected chi connectivity index (χ0v) is 13.4. The second kappa shape index (κ2) is 8.00. The summed E-state index contributed by atoms with van der Waals surface area (Å²) >= 11 is 1.70. The van der Waals surface area contributed by atoms with Gasteiger partial charge in [-0.3, -0.25) is 0 Å². The van der Waals surface area contributed by atoms with Crippen molar-refractivity contribution in [2.75, 3.05) is 13.7 Å². The van der Waals surface area contributed by atoms with E-state index in [0.29, 0.717) is 13.2 Å². The van der Waals surface area contributed by atoms with Crippen LogP contribution in [-0.4, -0.2) is 18.7 Å². The Morgan fingerprint density at radius 2 is 2.05 bits per heavy atom. The van der Waals surface area contributed by atoms with E-state index < -0.39 is 0 Å². The van der Waals surface area contributed by atoms with Gasteiger partial charge in [0, 0.05) is 23.9 Å². The summed E-state index contributed by atoms with van der Waals surface area (Å²) in [6.07, 6.45) is 2.90. The molecule has 1 aromatic carbocycles. The number of nitrogens with zero attached hydrogens (tertiary/aromatic N) is 1. The minimum Gasteiger partial charge on any atom is -0.497 e. The van der Waals surface area contributed by atoms with Crippen molar-refractivity contribution in [3.05, 3.63) is 39.8 Å². The van der Waals surface area contributed by atoms with E-state index in [4.69, 9.17) is 15.2 Å². The first-order chi connectivity index (χ1) is 10.3. The zero-order chi connectivity index (χ0) is 15.1. The molecule has 0 bridgehead atoms. The number of aryl methyl sites for hydroxylation is 1. The van der Waals surface area contributed by atoms with E-state index in [9.17, 15) is 0 Å². The molecule has 4 nitrogen and oxygen atoms in total. The summed E-state index contributed by atoms with van der Waals surface area (Å²) in [5.74, 6) is 1.62. The fraction of sp³-hybridized carbons (Fsp3) is 0.438. The maximum absolute atomic E-state index is 5.77. The predicted octanol–water partition coefficient (Wildman–Crippen LogP) is 3.18. The summed E-state index contributed by atoms with van der Waals surface area (Å²) in [7, 11) is 1.65. The van der Waals surface area contributed by atoms with Crippen molar-refractivity contribution in [3.63, 3.8) is 0 Å². The van der Waals surface area contributed by atoms with Crippen LogP contribution in [0.1, 0.15) is 28.9 Å². The molecule has 1 heterocycles. The van der Waals surface area contributed by atoms with Gasteiger partial charge < -0.3 is 15.2 Å². The zero-order valence-electron chi connectivity index (χ0n) is 12.6. The number of hydrogen-bond donors (Lipinski definition) is 1. The lowest BCUT2D eigenvalue weighted by molar-refractivity contribution is 0.318. The highest BCUT2D eigenvalue weighted by atomic mass is 32.1. The number of thiazole rings is 1. The SMILES string of the molecule is CCCc1nc(CCOc2cccc(OC)c2)sc1CN. The molecule has 0 aliphatic rings. The molecule has 0 unspecified atom stereocenters. The second-order valence-electron chi connectivity index (χ2n) is 4.71. The van der Waals surface area contributed by atoms with Crippen LogP contribution in [0.5, 0.6) is 11.5 Å². The molecule has 0 atom stereocenters. The summed E-state index contributed by atoms with van der Waals surface area (Å²) in [6.45, 7) is 3.34. The van der Waals surface area contributed by atoms with Gasteiger partial charge in [0.15, 0.2) is 0 Å². The first-order valence-electron chi connectivity index (χ1n) is 7.21. The van der Waals surface area contributed by atoms with Crippen molar-refractivity contribution in [2.24, 2.45) is 5.73 Å². The Bertz CT molecular complexity index is 569. The molecular formula is C16H22N2O2S. The highest BCUT2D eigenvalue weighted by molar-refractivity contribution is 7.11. The van der Waals surface area contributed by atoms with Crippen LogP contribution >= 0.6 is 11.3 Å². The lowest BCUT2D eigenvalue weighted by Crippen LogP contribution is -2.01. The van der Waals surface area contributed by atoms with Crippen LogP contribution in [0.2, 0.25) is 0 Å². The molecule has 1 aromatic heterocycles. The lowest BCUT2D eigenvalue weighted by atomic mass is 10.2. The van der Waals surface area contributed by atoms with E-state index in [1.165, 1.54) is 4.88 Å². The fourth-order valence-electron chi connectivity index (χ4n) is 2.08. The van der Waals surface area contributed by atoms with E-state index in [-0.39, 0.29) is 0 Å². The maximum Gasteiger partial charge on any atom is 0.123 e. The monoisotopic (exact) mass is 306 g/mol. The quantitative estimate of drug-likeness (QED) is 0.814. The van der Waals surface area contributed by atoms with Gasteiger partial charge in [0.1, 0.15) is 11.5 Å².